The molecule has 1 aromatic rings. The fourth-order valence-corrected chi connectivity index (χ4v) is 2.97. The molecule has 118 valence electrons. The smallest absolute Gasteiger partial charge is 0.129 e. The van der Waals surface area contributed by atoms with E-state index in [1.165, 1.54) is 24.9 Å². The maximum absolute atomic E-state index is 4.74. The SMILES string of the molecule is Cc1cc(CNC(C)C)cc(N(C)C2CCCN(C)C2)n1. The Morgan fingerprint density at radius 3 is 2.86 bits per heavy atom. The zero-order valence-electron chi connectivity index (χ0n) is 14.2. The van der Waals surface area contributed by atoms with Crippen LogP contribution in [0.2, 0.25) is 0 Å². The lowest BCUT2D eigenvalue weighted by Gasteiger charge is -2.36. The Kier molecular flexibility index (Phi) is 5.59. The van der Waals surface area contributed by atoms with Gasteiger partial charge in [-0.3, -0.25) is 0 Å². The summed E-state index contributed by atoms with van der Waals surface area (Å²) in [6.07, 6.45) is 2.54. The predicted octanol–water partition coefficient (Wildman–Crippen LogP) is 2.42. The monoisotopic (exact) mass is 290 g/mol. The minimum absolute atomic E-state index is 0.506. The van der Waals surface area contributed by atoms with Crippen LogP contribution in [0.15, 0.2) is 12.1 Å². The van der Waals surface area contributed by atoms with Crippen molar-refractivity contribution in [3.05, 3.63) is 23.4 Å². The van der Waals surface area contributed by atoms with Crippen LogP contribution in [0, 0.1) is 6.92 Å². The van der Waals surface area contributed by atoms with Gasteiger partial charge in [-0.15, -0.1) is 0 Å². The van der Waals surface area contributed by atoms with Gasteiger partial charge in [-0.1, -0.05) is 13.8 Å². The third-order valence-corrected chi connectivity index (χ3v) is 4.22. The van der Waals surface area contributed by atoms with E-state index in [2.05, 4.69) is 62.1 Å². The Morgan fingerprint density at radius 2 is 2.19 bits per heavy atom. The van der Waals surface area contributed by atoms with Crippen LogP contribution in [0.5, 0.6) is 0 Å². The van der Waals surface area contributed by atoms with Gasteiger partial charge in [-0.25, -0.2) is 4.98 Å². The highest BCUT2D eigenvalue weighted by atomic mass is 15.2. The molecule has 1 unspecified atom stereocenters. The minimum atomic E-state index is 0.506. The summed E-state index contributed by atoms with van der Waals surface area (Å²) in [7, 11) is 4.40. The molecule has 1 atom stereocenters. The van der Waals surface area contributed by atoms with Gasteiger partial charge in [-0.2, -0.15) is 0 Å². The van der Waals surface area contributed by atoms with Gasteiger partial charge in [0, 0.05) is 37.9 Å². The molecule has 21 heavy (non-hydrogen) atoms. The third-order valence-electron chi connectivity index (χ3n) is 4.22. The van der Waals surface area contributed by atoms with Crippen LogP contribution >= 0.6 is 0 Å². The quantitative estimate of drug-likeness (QED) is 0.902. The molecule has 0 aromatic carbocycles. The van der Waals surface area contributed by atoms with Gasteiger partial charge in [-0.05, 0) is 51.1 Å². The van der Waals surface area contributed by atoms with Crippen molar-refractivity contribution in [1.82, 2.24) is 15.2 Å². The van der Waals surface area contributed by atoms with E-state index in [-0.39, 0.29) is 0 Å². The van der Waals surface area contributed by atoms with Crippen LogP contribution in [0.3, 0.4) is 0 Å². The normalized spacial score (nSPS) is 20.0. The minimum Gasteiger partial charge on any atom is -0.355 e. The van der Waals surface area contributed by atoms with E-state index < -0.39 is 0 Å². The second kappa shape index (κ2) is 7.23. The first-order chi connectivity index (χ1) is 9.95. The second-order valence-electron chi connectivity index (χ2n) is 6.68. The van der Waals surface area contributed by atoms with Crippen molar-refractivity contribution in [3.63, 3.8) is 0 Å². The second-order valence-corrected chi connectivity index (χ2v) is 6.68. The molecule has 0 aliphatic carbocycles. The number of aromatic nitrogens is 1. The topological polar surface area (TPSA) is 31.4 Å². The van der Waals surface area contributed by atoms with Crippen LogP contribution < -0.4 is 10.2 Å². The molecule has 0 spiro atoms. The first kappa shape index (κ1) is 16.2. The van der Waals surface area contributed by atoms with Crippen LogP contribution in [0.25, 0.3) is 0 Å². The number of anilines is 1. The molecule has 1 saturated heterocycles. The predicted molar refractivity (Wildman–Crippen MR) is 89.9 cm³/mol. The van der Waals surface area contributed by atoms with Crippen LogP contribution in [0.4, 0.5) is 5.82 Å². The first-order valence-corrected chi connectivity index (χ1v) is 8.08. The molecule has 0 amide bonds. The maximum Gasteiger partial charge on any atom is 0.129 e. The summed E-state index contributed by atoms with van der Waals surface area (Å²) in [4.78, 5) is 9.52. The maximum atomic E-state index is 4.74. The Hall–Kier alpha value is -1.13. The number of likely N-dealkylation sites (tertiary alicyclic amines) is 1. The highest BCUT2D eigenvalue weighted by molar-refractivity contribution is 5.43. The molecule has 1 aromatic heterocycles. The summed E-state index contributed by atoms with van der Waals surface area (Å²) < 4.78 is 0. The van der Waals surface area contributed by atoms with Gasteiger partial charge < -0.3 is 15.1 Å². The van der Waals surface area contributed by atoms with E-state index in [0.29, 0.717) is 12.1 Å². The fourth-order valence-electron chi connectivity index (χ4n) is 2.97. The molecule has 1 fully saturated rings. The molecule has 4 nitrogen and oxygen atoms in total. The Labute approximate surface area is 129 Å². The fraction of sp³-hybridized carbons (Fsp3) is 0.706. The summed E-state index contributed by atoms with van der Waals surface area (Å²) in [5.74, 6) is 1.11. The van der Waals surface area contributed by atoms with Crippen LogP contribution in [0.1, 0.15) is 37.9 Å². The van der Waals surface area contributed by atoms with Gasteiger partial charge in [0.2, 0.25) is 0 Å². The molecule has 0 bridgehead atoms. The van der Waals surface area contributed by atoms with E-state index in [9.17, 15) is 0 Å². The molecule has 1 aliphatic heterocycles. The van der Waals surface area contributed by atoms with Gasteiger partial charge in [0.15, 0.2) is 0 Å². The summed E-state index contributed by atoms with van der Waals surface area (Å²) in [5, 5.41) is 3.49. The lowest BCUT2D eigenvalue weighted by Crippen LogP contribution is -2.45. The molecule has 4 heteroatoms. The van der Waals surface area contributed by atoms with Gasteiger partial charge in [0.05, 0.1) is 0 Å². The van der Waals surface area contributed by atoms with Crippen molar-refractivity contribution in [2.45, 2.75) is 52.2 Å². The van der Waals surface area contributed by atoms with Crippen LogP contribution in [-0.2, 0) is 6.54 Å². The van der Waals surface area contributed by atoms with E-state index in [4.69, 9.17) is 4.98 Å². The van der Waals surface area contributed by atoms with E-state index in [1.54, 1.807) is 0 Å². The molecule has 1 N–H and O–H groups in total. The largest absolute Gasteiger partial charge is 0.355 e. The lowest BCUT2D eigenvalue weighted by molar-refractivity contribution is 0.247. The Bertz CT molecular complexity index is 458. The lowest BCUT2D eigenvalue weighted by atomic mass is 10.0. The highest BCUT2D eigenvalue weighted by Gasteiger charge is 2.22. The zero-order valence-corrected chi connectivity index (χ0v) is 14.2. The number of rotatable bonds is 5. The number of nitrogens with zero attached hydrogens (tertiary/aromatic N) is 3. The molecule has 0 saturated carbocycles. The average Bonchev–Trinajstić information content (AvgIpc) is 2.43. The van der Waals surface area contributed by atoms with E-state index >= 15 is 0 Å². The van der Waals surface area contributed by atoms with Gasteiger partial charge in [0.1, 0.15) is 5.82 Å². The number of hydrogen-bond donors (Lipinski definition) is 1. The molecule has 2 rings (SSSR count). The van der Waals surface area contributed by atoms with E-state index in [1.807, 2.05) is 0 Å². The molecule has 1 aliphatic rings. The molecular formula is C17H30N4. The van der Waals surface area contributed by atoms with Crippen molar-refractivity contribution in [2.75, 3.05) is 32.1 Å². The molecular weight excluding hydrogens is 260 g/mol. The summed E-state index contributed by atoms with van der Waals surface area (Å²) >= 11 is 0. The Morgan fingerprint density at radius 1 is 1.43 bits per heavy atom. The average molecular weight is 290 g/mol. The third kappa shape index (κ3) is 4.68. The molecule has 0 radical (unpaired) electrons. The van der Waals surface area contributed by atoms with Gasteiger partial charge >= 0.3 is 0 Å². The number of aryl methyl sites for hydroxylation is 1. The van der Waals surface area contributed by atoms with Crippen molar-refractivity contribution < 1.29 is 0 Å². The van der Waals surface area contributed by atoms with Crippen molar-refractivity contribution in [1.29, 1.82) is 0 Å². The standard InChI is InChI=1S/C17H30N4/c1-13(2)18-11-15-9-14(3)19-17(10-15)21(5)16-7-6-8-20(4)12-16/h9-10,13,16,18H,6-8,11-12H2,1-5H3. The summed E-state index contributed by atoms with van der Waals surface area (Å²) in [6.45, 7) is 9.70. The van der Waals surface area contributed by atoms with Crippen LogP contribution in [-0.4, -0.2) is 49.2 Å². The van der Waals surface area contributed by atoms with Crippen molar-refractivity contribution >= 4 is 5.82 Å². The van der Waals surface area contributed by atoms with E-state index in [0.717, 1.165) is 24.6 Å². The number of piperidine rings is 1. The highest BCUT2D eigenvalue weighted by Crippen LogP contribution is 2.21. The number of pyridine rings is 1. The summed E-state index contributed by atoms with van der Waals surface area (Å²) in [5.41, 5.74) is 2.42. The molecule has 2 heterocycles. The van der Waals surface area contributed by atoms with Crippen molar-refractivity contribution in [2.24, 2.45) is 0 Å². The van der Waals surface area contributed by atoms with Crippen molar-refractivity contribution in [3.8, 4) is 0 Å². The number of nitrogens with one attached hydrogen (secondary N) is 1. The first-order valence-electron chi connectivity index (χ1n) is 8.08. The number of likely N-dealkylation sites (N-methyl/N-ethyl adjacent to an activating group) is 2. The van der Waals surface area contributed by atoms with Gasteiger partial charge in [0.25, 0.3) is 0 Å². The zero-order chi connectivity index (χ0) is 15.4. The number of hydrogen-bond acceptors (Lipinski definition) is 4. The summed E-state index contributed by atoms with van der Waals surface area (Å²) in [6, 6.07) is 5.49. The Balaban J connectivity index is 2.10.